The number of hydrogen-bond donors (Lipinski definition) is 0. The van der Waals surface area contributed by atoms with Crippen LogP contribution in [0, 0.1) is 23.7 Å². The van der Waals surface area contributed by atoms with Gasteiger partial charge in [-0.25, -0.2) is 9.59 Å². The van der Waals surface area contributed by atoms with Crippen molar-refractivity contribution in [3.05, 3.63) is 70.8 Å². The number of fused-ring (bicyclic) bond motifs is 4. The molecule has 59 heavy (non-hydrogen) atoms. The van der Waals surface area contributed by atoms with Gasteiger partial charge in [0.15, 0.2) is 12.6 Å². The largest absolute Gasteiger partial charge is 0.508 e. The normalized spacial score (nSPS) is 27.6. The van der Waals surface area contributed by atoms with E-state index in [9.17, 15) is 19.2 Å². The monoisotopic (exact) mass is 826 g/mol. The highest BCUT2D eigenvalue weighted by atomic mass is 16.8. The molecule has 0 aromatic heterocycles. The molecule has 0 aliphatic carbocycles. The Labute approximate surface area is 345 Å². The molecule has 2 aromatic rings. The molecule has 4 bridgehead atoms. The van der Waals surface area contributed by atoms with Gasteiger partial charge in [0.2, 0.25) is 0 Å². The van der Waals surface area contributed by atoms with Crippen LogP contribution in [-0.2, 0) is 61.7 Å². The van der Waals surface area contributed by atoms with Crippen molar-refractivity contribution in [2.24, 2.45) is 23.7 Å². The maximum atomic E-state index is 12.6. The van der Waals surface area contributed by atoms with Gasteiger partial charge >= 0.3 is 24.2 Å². The van der Waals surface area contributed by atoms with E-state index in [-0.39, 0.29) is 73.5 Å². The fraction of sp³-hybridized carbons (Fsp3) is 0.636. The van der Waals surface area contributed by atoms with Gasteiger partial charge < -0.3 is 52.1 Å². The highest BCUT2D eigenvalue weighted by Crippen LogP contribution is 2.52. The molecule has 15 nitrogen and oxygen atoms in total. The first-order chi connectivity index (χ1) is 28.3. The quantitative estimate of drug-likeness (QED) is 0.0817. The topological polar surface area (TPSA) is 170 Å². The van der Waals surface area contributed by atoms with E-state index >= 15 is 0 Å². The van der Waals surface area contributed by atoms with Crippen LogP contribution in [0.15, 0.2) is 48.5 Å². The van der Waals surface area contributed by atoms with Crippen LogP contribution in [0.5, 0.6) is 0 Å². The molecule has 15 heteroatoms. The van der Waals surface area contributed by atoms with Crippen LogP contribution in [0.25, 0.3) is 0 Å². The molecule has 0 amide bonds. The highest BCUT2D eigenvalue weighted by Gasteiger charge is 2.55. The molecule has 4 unspecified atom stereocenters. The van der Waals surface area contributed by atoms with Gasteiger partial charge in [0.25, 0.3) is 0 Å². The third kappa shape index (κ3) is 10.7. The molecular formula is C44H58O15. The lowest BCUT2D eigenvalue weighted by atomic mass is 9.74. The zero-order valence-corrected chi connectivity index (χ0v) is 35.1. The van der Waals surface area contributed by atoms with Gasteiger partial charge in [-0.3, -0.25) is 9.59 Å². The minimum atomic E-state index is -0.932. The predicted molar refractivity (Wildman–Crippen MR) is 207 cm³/mol. The summed E-state index contributed by atoms with van der Waals surface area (Å²) in [5, 5.41) is 0. The van der Waals surface area contributed by atoms with Crippen LogP contribution >= 0.6 is 0 Å². The Morgan fingerprint density at radius 1 is 0.576 bits per heavy atom. The molecule has 4 heterocycles. The number of hydrogen-bond acceptors (Lipinski definition) is 15. The van der Waals surface area contributed by atoms with Gasteiger partial charge in [-0.1, -0.05) is 36.4 Å². The summed E-state index contributed by atoms with van der Waals surface area (Å²) in [5.41, 5.74) is 2.66. The second kappa shape index (κ2) is 19.9. The number of carbonyl (C=O) groups excluding carboxylic acids is 4. The Balaban J connectivity index is 1.22. The molecule has 4 saturated heterocycles. The van der Waals surface area contributed by atoms with E-state index in [1.807, 2.05) is 48.5 Å². The lowest BCUT2D eigenvalue weighted by Gasteiger charge is -2.34. The molecule has 4 aliphatic heterocycles. The first kappa shape index (κ1) is 44.3. The van der Waals surface area contributed by atoms with E-state index < -0.39 is 49.0 Å². The van der Waals surface area contributed by atoms with Crippen LogP contribution in [-0.4, -0.2) is 88.3 Å². The van der Waals surface area contributed by atoms with Gasteiger partial charge in [0, 0.05) is 62.9 Å². The number of benzene rings is 2. The van der Waals surface area contributed by atoms with Crippen LogP contribution in [0.2, 0.25) is 0 Å². The van der Waals surface area contributed by atoms with Crippen LogP contribution < -0.4 is 0 Å². The molecule has 4 fully saturated rings. The number of ether oxygens (including phenoxy) is 11. The lowest BCUT2D eigenvalue weighted by Crippen LogP contribution is -2.37. The van der Waals surface area contributed by atoms with Crippen molar-refractivity contribution >= 4 is 24.2 Å². The Hall–Kier alpha value is -4.28. The van der Waals surface area contributed by atoms with Crippen molar-refractivity contribution in [2.45, 2.75) is 129 Å². The third-order valence-corrected chi connectivity index (χ3v) is 11.4. The van der Waals surface area contributed by atoms with Crippen molar-refractivity contribution in [1.82, 2.24) is 0 Å². The molecule has 2 aromatic carbocycles. The first-order valence-corrected chi connectivity index (χ1v) is 20.5. The molecule has 4 aliphatic rings. The van der Waals surface area contributed by atoms with Gasteiger partial charge in [-0.15, -0.1) is 0 Å². The van der Waals surface area contributed by atoms with Crippen LogP contribution in [0.1, 0.15) is 114 Å². The van der Waals surface area contributed by atoms with Crippen molar-refractivity contribution in [3.63, 3.8) is 0 Å². The SMILES string of the molecule is CO[C@H](O[C@@H](OC)c1cccc(C(OC(C)=O)[C@@H]2C3CC[C@@H](O3)[C@@H]2COC(=O)OC(C)C)c1)c1cccc(C(OC(C)=O)[C@@H]2C3CC[C@@H](O3)[C@@H]2COC(=O)OC(C)C)c1. The van der Waals surface area contributed by atoms with Gasteiger partial charge in [-0.2, -0.15) is 0 Å². The minimum absolute atomic E-state index is 0.0575. The maximum absolute atomic E-state index is 12.6. The molecule has 6 rings (SSSR count). The average Bonchev–Trinajstić information content (AvgIpc) is 4.00. The van der Waals surface area contributed by atoms with Gasteiger partial charge in [-0.05, 0) is 76.6 Å². The van der Waals surface area contributed by atoms with Crippen LogP contribution in [0.4, 0.5) is 9.59 Å². The summed E-state index contributed by atoms with van der Waals surface area (Å²) in [7, 11) is 3.03. The summed E-state index contributed by atoms with van der Waals surface area (Å²) in [6.45, 7) is 9.83. The molecule has 0 radical (unpaired) electrons. The van der Waals surface area contributed by atoms with Gasteiger partial charge in [0.1, 0.15) is 25.4 Å². The van der Waals surface area contributed by atoms with Gasteiger partial charge in [0.05, 0.1) is 36.6 Å². The highest BCUT2D eigenvalue weighted by molar-refractivity contribution is 5.67. The van der Waals surface area contributed by atoms with E-state index in [2.05, 4.69) is 0 Å². The number of rotatable bonds is 18. The van der Waals surface area contributed by atoms with Crippen molar-refractivity contribution in [3.8, 4) is 0 Å². The second-order valence-corrected chi connectivity index (χ2v) is 16.2. The number of esters is 2. The smallest absolute Gasteiger partial charge is 0.457 e. The fourth-order valence-electron chi connectivity index (χ4n) is 9.19. The minimum Gasteiger partial charge on any atom is -0.457 e. The van der Waals surface area contributed by atoms with Crippen molar-refractivity contribution < 1.29 is 71.3 Å². The molecular weight excluding hydrogens is 768 g/mol. The van der Waals surface area contributed by atoms with E-state index in [0.717, 1.165) is 25.7 Å². The summed E-state index contributed by atoms with van der Waals surface area (Å²) in [4.78, 5) is 49.8. The Bertz CT molecular complexity index is 1640. The molecule has 324 valence electrons. The molecule has 0 saturated carbocycles. The molecule has 0 spiro atoms. The number of methoxy groups -OCH3 is 2. The van der Waals surface area contributed by atoms with E-state index in [1.165, 1.54) is 28.1 Å². The zero-order chi connectivity index (χ0) is 42.4. The van der Waals surface area contributed by atoms with Crippen LogP contribution in [0.3, 0.4) is 0 Å². The zero-order valence-electron chi connectivity index (χ0n) is 35.1. The summed E-state index contributed by atoms with van der Waals surface area (Å²) in [6.07, 6.45) is -3.00. The summed E-state index contributed by atoms with van der Waals surface area (Å²) in [6, 6.07) is 14.8. The summed E-state index contributed by atoms with van der Waals surface area (Å²) in [5.74, 6) is -1.96. The number of carbonyl (C=O) groups is 4. The molecule has 0 N–H and O–H groups in total. The fourth-order valence-corrected chi connectivity index (χ4v) is 9.19. The maximum Gasteiger partial charge on any atom is 0.508 e. The van der Waals surface area contributed by atoms with Crippen molar-refractivity contribution in [1.29, 1.82) is 0 Å². The second-order valence-electron chi connectivity index (χ2n) is 16.2. The standard InChI is InChI=1S/C44H58O15/c1-23(2)53-43(47)51-21-31-33-15-17-35(57-33)37(31)39(55-25(5)45)27-11-9-13-29(19-27)41(49-7)59-42(50-8)30-14-10-12-28(20-30)40(56-26(6)46)38-32(34-16-18-36(38)58-34)22-52-44(48)54-24(3)4/h9-14,19-20,23-24,31-42H,15-18,21-22H2,1-8H3/t31-,32-,33+,34+,35?,36?,37-,38-,39?,40?,41+,42+/m0/s1. The Morgan fingerprint density at radius 2 is 0.949 bits per heavy atom. The summed E-state index contributed by atoms with van der Waals surface area (Å²) < 4.78 is 64.3. The first-order valence-electron chi connectivity index (χ1n) is 20.5. The Morgan fingerprint density at radius 3 is 1.31 bits per heavy atom. The lowest BCUT2D eigenvalue weighted by molar-refractivity contribution is -0.237. The van der Waals surface area contributed by atoms with E-state index in [0.29, 0.717) is 22.3 Å². The average molecular weight is 827 g/mol. The predicted octanol–water partition coefficient (Wildman–Crippen LogP) is 7.61. The van der Waals surface area contributed by atoms with E-state index in [1.54, 1.807) is 27.7 Å². The summed E-state index contributed by atoms with van der Waals surface area (Å²) >= 11 is 0. The van der Waals surface area contributed by atoms with Crippen molar-refractivity contribution in [2.75, 3.05) is 27.4 Å². The Kier molecular flexibility index (Phi) is 14.9. The van der Waals surface area contributed by atoms with E-state index in [4.69, 9.17) is 52.1 Å². The molecule has 12 atom stereocenters. The third-order valence-electron chi connectivity index (χ3n) is 11.4.